The lowest BCUT2D eigenvalue weighted by Crippen LogP contribution is -2.28. The molecule has 0 aliphatic carbocycles. The molecular weight excluding hydrogens is 247 g/mol. The maximum Gasteiger partial charge on any atom is 0.321 e. The van der Waals surface area contributed by atoms with E-state index in [1.54, 1.807) is 7.11 Å². The monoisotopic (exact) mass is 258 g/mol. The fraction of sp³-hybridized carbons (Fsp3) is 0.833. The molecule has 0 saturated carbocycles. The summed E-state index contributed by atoms with van der Waals surface area (Å²) in [5, 5.41) is 0. The van der Waals surface area contributed by atoms with Crippen LogP contribution in [-0.4, -0.2) is 30.2 Å². The fourth-order valence-electron chi connectivity index (χ4n) is 0.424. The van der Waals surface area contributed by atoms with Gasteiger partial charge in [0.25, 0.3) is 0 Å². The molecule has 2 atom stereocenters. The molecule has 0 heterocycles. The predicted molar refractivity (Wildman–Crippen MR) is 46.3 cm³/mol. The Hall–Kier alpha value is 0.160. The molecule has 0 spiro atoms. The van der Waals surface area contributed by atoms with Gasteiger partial charge in [0.05, 0.1) is 13.2 Å². The second kappa shape index (κ2) is 4.90. The first-order valence-corrected chi connectivity index (χ1v) is 4.12. The molecule has 0 aliphatic rings. The van der Waals surface area contributed by atoms with E-state index >= 15 is 0 Å². The van der Waals surface area contributed by atoms with Crippen LogP contribution in [-0.2, 0) is 14.3 Å². The average molecular weight is 258 g/mol. The Morgan fingerprint density at radius 1 is 1.50 bits per heavy atom. The number of rotatable bonds is 3. The molecule has 0 radical (unpaired) electrons. The summed E-state index contributed by atoms with van der Waals surface area (Å²) < 4.78 is 9.22. The predicted octanol–water partition coefficient (Wildman–Crippen LogP) is 0.998. The molecule has 0 fully saturated rings. The highest BCUT2D eigenvalue weighted by molar-refractivity contribution is 14.1. The van der Waals surface area contributed by atoms with E-state index in [0.717, 1.165) is 0 Å². The first-order chi connectivity index (χ1) is 4.63. The number of ether oxygens (including phenoxy) is 2. The van der Waals surface area contributed by atoms with Crippen LogP contribution in [0.15, 0.2) is 0 Å². The van der Waals surface area contributed by atoms with Crippen LogP contribution < -0.4 is 0 Å². The maximum atomic E-state index is 10.8. The van der Waals surface area contributed by atoms with Gasteiger partial charge >= 0.3 is 5.97 Å². The van der Waals surface area contributed by atoms with Crippen molar-refractivity contribution in [3.05, 3.63) is 0 Å². The highest BCUT2D eigenvalue weighted by atomic mass is 127. The molecule has 0 aromatic carbocycles. The molecule has 0 amide bonds. The van der Waals surface area contributed by atoms with E-state index in [9.17, 15) is 4.79 Å². The van der Waals surface area contributed by atoms with Crippen molar-refractivity contribution < 1.29 is 14.3 Å². The lowest BCUT2D eigenvalue weighted by molar-refractivity contribution is -0.141. The van der Waals surface area contributed by atoms with Crippen molar-refractivity contribution in [3.8, 4) is 0 Å². The molecule has 0 saturated heterocycles. The molecule has 0 N–H and O–H groups in total. The van der Waals surface area contributed by atoms with E-state index in [-0.39, 0.29) is 16.0 Å². The summed E-state index contributed by atoms with van der Waals surface area (Å²) in [4.78, 5) is 10.8. The summed E-state index contributed by atoms with van der Waals surface area (Å²) in [5.41, 5.74) is 0. The van der Waals surface area contributed by atoms with Gasteiger partial charge in [-0.1, -0.05) is 22.6 Å². The molecule has 0 aromatic rings. The SMILES string of the molecule is COC(=O)[C@@H](I)[C@H](C)OC. The number of esters is 1. The van der Waals surface area contributed by atoms with Gasteiger partial charge in [0.2, 0.25) is 0 Å². The molecule has 0 bridgehead atoms. The number of halogens is 1. The van der Waals surface area contributed by atoms with Crippen molar-refractivity contribution in [2.75, 3.05) is 14.2 Å². The van der Waals surface area contributed by atoms with E-state index in [4.69, 9.17) is 4.74 Å². The molecule has 60 valence electrons. The number of methoxy groups -OCH3 is 2. The topological polar surface area (TPSA) is 35.5 Å². The van der Waals surface area contributed by atoms with Gasteiger partial charge < -0.3 is 9.47 Å². The number of hydrogen-bond acceptors (Lipinski definition) is 3. The molecule has 10 heavy (non-hydrogen) atoms. The largest absolute Gasteiger partial charge is 0.468 e. The summed E-state index contributed by atoms with van der Waals surface area (Å²) in [7, 11) is 2.94. The van der Waals surface area contributed by atoms with Crippen LogP contribution in [0.1, 0.15) is 6.92 Å². The fourth-order valence-corrected chi connectivity index (χ4v) is 0.972. The number of hydrogen-bond donors (Lipinski definition) is 0. The van der Waals surface area contributed by atoms with Crippen molar-refractivity contribution in [2.45, 2.75) is 17.0 Å². The minimum Gasteiger partial charge on any atom is -0.468 e. The van der Waals surface area contributed by atoms with Crippen LogP contribution >= 0.6 is 22.6 Å². The molecule has 0 aromatic heterocycles. The van der Waals surface area contributed by atoms with Gasteiger partial charge in [-0.05, 0) is 6.92 Å². The van der Waals surface area contributed by atoms with E-state index in [1.807, 2.05) is 29.5 Å². The van der Waals surface area contributed by atoms with E-state index < -0.39 is 0 Å². The van der Waals surface area contributed by atoms with Gasteiger partial charge in [-0.25, -0.2) is 0 Å². The third-order valence-electron chi connectivity index (χ3n) is 1.21. The summed E-state index contributed by atoms with van der Waals surface area (Å²) >= 11 is 1.99. The molecule has 4 heteroatoms. The number of carbonyl (C=O) groups excluding carboxylic acids is 1. The zero-order chi connectivity index (χ0) is 8.15. The molecule has 0 aliphatic heterocycles. The Morgan fingerprint density at radius 3 is 2.30 bits per heavy atom. The highest BCUT2D eigenvalue weighted by Gasteiger charge is 2.21. The van der Waals surface area contributed by atoms with Crippen LogP contribution in [0.25, 0.3) is 0 Å². The second-order valence-electron chi connectivity index (χ2n) is 1.87. The van der Waals surface area contributed by atoms with Gasteiger partial charge in [-0.15, -0.1) is 0 Å². The van der Waals surface area contributed by atoms with Gasteiger partial charge in [-0.3, -0.25) is 4.79 Å². The lowest BCUT2D eigenvalue weighted by atomic mass is 10.3. The summed E-state index contributed by atoms with van der Waals surface area (Å²) in [5.74, 6) is -0.241. The van der Waals surface area contributed by atoms with Gasteiger partial charge in [0.15, 0.2) is 0 Å². The zero-order valence-electron chi connectivity index (χ0n) is 6.26. The number of carbonyl (C=O) groups is 1. The highest BCUT2D eigenvalue weighted by Crippen LogP contribution is 2.10. The normalized spacial score (nSPS) is 16.0. The Morgan fingerprint density at radius 2 is 2.00 bits per heavy atom. The van der Waals surface area contributed by atoms with Crippen LogP contribution in [0.2, 0.25) is 0 Å². The second-order valence-corrected chi connectivity index (χ2v) is 3.21. The first-order valence-electron chi connectivity index (χ1n) is 2.88. The minimum atomic E-state index is -0.241. The Balaban J connectivity index is 3.81. The Bertz CT molecular complexity index is 116. The van der Waals surface area contributed by atoms with Crippen LogP contribution in [0.5, 0.6) is 0 Å². The summed E-state index contributed by atoms with van der Waals surface area (Å²) in [6, 6.07) is 0. The minimum absolute atomic E-state index is 0.0898. The third kappa shape index (κ3) is 2.83. The average Bonchev–Trinajstić information content (AvgIpc) is 2.00. The quantitative estimate of drug-likeness (QED) is 0.430. The first kappa shape index (κ1) is 10.2. The molecule has 0 rings (SSSR count). The third-order valence-corrected chi connectivity index (χ3v) is 2.73. The van der Waals surface area contributed by atoms with Gasteiger partial charge in [0, 0.05) is 7.11 Å². The molecular formula is C6H11IO3. The van der Waals surface area contributed by atoms with Crippen LogP contribution in [0.3, 0.4) is 0 Å². The van der Waals surface area contributed by atoms with Crippen LogP contribution in [0.4, 0.5) is 0 Å². The van der Waals surface area contributed by atoms with E-state index in [1.165, 1.54) is 7.11 Å². The smallest absolute Gasteiger partial charge is 0.321 e. The van der Waals surface area contributed by atoms with E-state index in [2.05, 4.69) is 4.74 Å². The summed E-state index contributed by atoms with van der Waals surface area (Å²) in [6.45, 7) is 1.83. The van der Waals surface area contributed by atoms with Crippen molar-refractivity contribution >= 4 is 28.6 Å². The molecule has 3 nitrogen and oxygen atoms in total. The number of alkyl halides is 1. The molecule has 0 unspecified atom stereocenters. The van der Waals surface area contributed by atoms with Crippen molar-refractivity contribution in [1.29, 1.82) is 0 Å². The maximum absolute atomic E-state index is 10.8. The Labute approximate surface area is 74.2 Å². The lowest BCUT2D eigenvalue weighted by Gasteiger charge is -2.13. The standard InChI is InChI=1S/C6H11IO3/c1-4(9-2)5(7)6(8)10-3/h4-5H,1-3H3/t4-,5-/m0/s1. The Kier molecular flexibility index (Phi) is 4.98. The van der Waals surface area contributed by atoms with Gasteiger partial charge in [0.1, 0.15) is 3.92 Å². The van der Waals surface area contributed by atoms with Crippen molar-refractivity contribution in [2.24, 2.45) is 0 Å². The van der Waals surface area contributed by atoms with E-state index in [0.29, 0.717) is 0 Å². The summed E-state index contributed by atoms with van der Waals surface area (Å²) in [6.07, 6.45) is -0.0898. The van der Waals surface area contributed by atoms with Crippen molar-refractivity contribution in [1.82, 2.24) is 0 Å². The zero-order valence-corrected chi connectivity index (χ0v) is 8.41. The van der Waals surface area contributed by atoms with Crippen molar-refractivity contribution in [3.63, 3.8) is 0 Å². The van der Waals surface area contributed by atoms with Crippen LogP contribution in [0, 0.1) is 0 Å². The van der Waals surface area contributed by atoms with Gasteiger partial charge in [-0.2, -0.15) is 0 Å².